The molecule has 110 valence electrons. The van der Waals surface area contributed by atoms with Crippen LogP contribution in [0.15, 0.2) is 0 Å². The number of nitrogens with one attached hydrogen (secondary N) is 3. The van der Waals surface area contributed by atoms with Gasteiger partial charge in [-0.1, -0.05) is 20.8 Å². The zero-order valence-electron chi connectivity index (χ0n) is 11.8. The lowest BCUT2D eigenvalue weighted by Crippen LogP contribution is -2.48. The summed E-state index contributed by atoms with van der Waals surface area (Å²) in [6.07, 6.45) is 0.836. The molecule has 0 fully saturated rings. The van der Waals surface area contributed by atoms with Gasteiger partial charge in [0.25, 0.3) is 0 Å². The maximum atomic E-state index is 11.5. The average molecular weight is 272 g/mol. The second kappa shape index (κ2) is 9.32. The summed E-state index contributed by atoms with van der Waals surface area (Å²) in [6, 6.07) is -0.638. The predicted octanol–water partition coefficient (Wildman–Crippen LogP) is -1.27. The number of nitrogens with two attached hydrogens (primary N) is 1. The first-order valence-corrected chi connectivity index (χ1v) is 6.45. The maximum absolute atomic E-state index is 11.5. The normalized spacial score (nSPS) is 11.8. The van der Waals surface area contributed by atoms with E-state index in [0.29, 0.717) is 6.54 Å². The fraction of sp³-hybridized carbons (Fsp3) is 0.750. The molecule has 1 atom stereocenters. The highest BCUT2D eigenvalue weighted by Crippen LogP contribution is 1.97. The van der Waals surface area contributed by atoms with Gasteiger partial charge in [0, 0.05) is 6.54 Å². The van der Waals surface area contributed by atoms with Gasteiger partial charge < -0.3 is 21.7 Å². The first-order valence-electron chi connectivity index (χ1n) is 6.45. The van der Waals surface area contributed by atoms with Crippen LogP contribution in [0.25, 0.3) is 0 Å². The number of amides is 3. The molecule has 7 nitrogen and oxygen atoms in total. The summed E-state index contributed by atoms with van der Waals surface area (Å²) in [7, 11) is 0. The van der Waals surface area contributed by atoms with E-state index >= 15 is 0 Å². The van der Waals surface area contributed by atoms with Crippen LogP contribution < -0.4 is 21.7 Å². The summed E-state index contributed by atoms with van der Waals surface area (Å²) in [5.41, 5.74) is 5.62. The molecule has 7 heteroatoms. The molecule has 0 aromatic carbocycles. The molecule has 0 aliphatic rings. The molecular weight excluding hydrogens is 248 g/mol. The number of carbonyl (C=O) groups excluding carboxylic acids is 3. The Balaban J connectivity index is 3.81. The molecule has 0 aliphatic carbocycles. The molecule has 0 spiro atoms. The molecule has 0 aromatic rings. The zero-order chi connectivity index (χ0) is 14.8. The van der Waals surface area contributed by atoms with E-state index in [1.807, 2.05) is 20.8 Å². The Morgan fingerprint density at radius 2 is 1.53 bits per heavy atom. The molecule has 0 radical (unpaired) electrons. The highest BCUT2D eigenvalue weighted by Gasteiger charge is 2.17. The maximum Gasteiger partial charge on any atom is 0.239 e. The molecular formula is C12H24N4O3. The van der Waals surface area contributed by atoms with Gasteiger partial charge in [0.05, 0.1) is 19.1 Å². The minimum Gasteiger partial charge on any atom is -0.355 e. The van der Waals surface area contributed by atoms with Gasteiger partial charge in [-0.05, 0) is 12.3 Å². The van der Waals surface area contributed by atoms with Crippen LogP contribution in [0, 0.1) is 5.92 Å². The van der Waals surface area contributed by atoms with E-state index in [2.05, 4.69) is 16.0 Å². The summed E-state index contributed by atoms with van der Waals surface area (Å²) in [5, 5.41) is 7.46. The van der Waals surface area contributed by atoms with Crippen LogP contribution in [0.2, 0.25) is 0 Å². The summed E-state index contributed by atoms with van der Waals surface area (Å²) in [6.45, 7) is 5.89. The van der Waals surface area contributed by atoms with Crippen LogP contribution in [-0.4, -0.2) is 43.4 Å². The highest BCUT2D eigenvalue weighted by atomic mass is 16.2. The van der Waals surface area contributed by atoms with E-state index in [9.17, 15) is 14.4 Å². The Kier molecular flexibility index (Phi) is 8.52. The third-order valence-electron chi connectivity index (χ3n) is 2.46. The lowest BCUT2D eigenvalue weighted by Gasteiger charge is -2.15. The van der Waals surface area contributed by atoms with E-state index in [-0.39, 0.29) is 30.8 Å². The standard InChI is InChI=1S/C12H24N4O3/c1-4-5-14-9(17)6-15-10(18)7-16-12(19)11(13)8(2)3/h8,11H,4-7,13H2,1-3H3,(H,14,17)(H,15,18)(H,16,19)/t11-/m0/s1. The third-order valence-corrected chi connectivity index (χ3v) is 2.46. The summed E-state index contributed by atoms with van der Waals surface area (Å²) >= 11 is 0. The van der Waals surface area contributed by atoms with Crippen molar-refractivity contribution in [2.75, 3.05) is 19.6 Å². The van der Waals surface area contributed by atoms with Gasteiger partial charge in [-0.25, -0.2) is 0 Å². The molecule has 5 N–H and O–H groups in total. The molecule has 0 saturated heterocycles. The number of rotatable bonds is 8. The van der Waals surface area contributed by atoms with Gasteiger partial charge in [-0.15, -0.1) is 0 Å². The van der Waals surface area contributed by atoms with Crippen LogP contribution in [-0.2, 0) is 14.4 Å². The van der Waals surface area contributed by atoms with Crippen molar-refractivity contribution < 1.29 is 14.4 Å². The van der Waals surface area contributed by atoms with Crippen molar-refractivity contribution in [1.29, 1.82) is 0 Å². The monoisotopic (exact) mass is 272 g/mol. The first kappa shape index (κ1) is 17.4. The summed E-state index contributed by atoms with van der Waals surface area (Å²) in [5.74, 6) is -1.04. The average Bonchev–Trinajstić information content (AvgIpc) is 2.38. The van der Waals surface area contributed by atoms with Crippen LogP contribution in [0.4, 0.5) is 0 Å². The number of carbonyl (C=O) groups is 3. The van der Waals surface area contributed by atoms with Crippen molar-refractivity contribution in [1.82, 2.24) is 16.0 Å². The minimum absolute atomic E-state index is 0.00267. The topological polar surface area (TPSA) is 113 Å². The molecule has 0 aromatic heterocycles. The van der Waals surface area contributed by atoms with Gasteiger partial charge in [-0.2, -0.15) is 0 Å². The zero-order valence-corrected chi connectivity index (χ0v) is 11.8. The van der Waals surface area contributed by atoms with Gasteiger partial charge in [0.15, 0.2) is 0 Å². The van der Waals surface area contributed by atoms with Gasteiger partial charge in [0.2, 0.25) is 17.7 Å². The predicted molar refractivity (Wildman–Crippen MR) is 72.1 cm³/mol. The summed E-state index contributed by atoms with van der Waals surface area (Å²) in [4.78, 5) is 34.1. The fourth-order valence-electron chi connectivity index (χ4n) is 1.16. The molecule has 0 heterocycles. The SMILES string of the molecule is CCCNC(=O)CNC(=O)CNC(=O)[C@@H](N)C(C)C. The minimum atomic E-state index is -0.638. The van der Waals surface area contributed by atoms with Crippen LogP contribution in [0.1, 0.15) is 27.2 Å². The van der Waals surface area contributed by atoms with Gasteiger partial charge in [-0.3, -0.25) is 14.4 Å². The molecule has 19 heavy (non-hydrogen) atoms. The Morgan fingerprint density at radius 3 is 2.05 bits per heavy atom. The molecule has 0 bridgehead atoms. The van der Waals surface area contributed by atoms with Crippen LogP contribution >= 0.6 is 0 Å². The van der Waals surface area contributed by atoms with E-state index in [1.165, 1.54) is 0 Å². The lowest BCUT2D eigenvalue weighted by atomic mass is 10.1. The second-order valence-corrected chi connectivity index (χ2v) is 4.61. The first-order chi connectivity index (χ1) is 8.88. The van der Waals surface area contributed by atoms with E-state index in [1.54, 1.807) is 0 Å². The van der Waals surface area contributed by atoms with Crippen molar-refractivity contribution in [3.8, 4) is 0 Å². The summed E-state index contributed by atoms with van der Waals surface area (Å²) < 4.78 is 0. The van der Waals surface area contributed by atoms with Crippen molar-refractivity contribution in [3.05, 3.63) is 0 Å². The van der Waals surface area contributed by atoms with E-state index < -0.39 is 11.9 Å². The molecule has 0 rings (SSSR count). The Labute approximate surface area is 113 Å². The second-order valence-electron chi connectivity index (χ2n) is 4.61. The van der Waals surface area contributed by atoms with Gasteiger partial charge in [0.1, 0.15) is 0 Å². The quantitative estimate of drug-likeness (QED) is 0.441. The van der Waals surface area contributed by atoms with Gasteiger partial charge >= 0.3 is 0 Å². The Hall–Kier alpha value is -1.63. The van der Waals surface area contributed by atoms with Crippen molar-refractivity contribution >= 4 is 17.7 Å². The van der Waals surface area contributed by atoms with Crippen molar-refractivity contribution in [2.24, 2.45) is 11.7 Å². The molecule has 3 amide bonds. The highest BCUT2D eigenvalue weighted by molar-refractivity contribution is 5.89. The molecule has 0 saturated carbocycles. The fourth-order valence-corrected chi connectivity index (χ4v) is 1.16. The number of hydrogen-bond acceptors (Lipinski definition) is 4. The molecule has 0 unspecified atom stereocenters. The largest absolute Gasteiger partial charge is 0.355 e. The van der Waals surface area contributed by atoms with E-state index in [4.69, 9.17) is 5.73 Å². The van der Waals surface area contributed by atoms with Crippen LogP contribution in [0.3, 0.4) is 0 Å². The van der Waals surface area contributed by atoms with E-state index in [0.717, 1.165) is 6.42 Å². The number of hydrogen-bond donors (Lipinski definition) is 4. The Morgan fingerprint density at radius 1 is 1.00 bits per heavy atom. The molecule has 0 aliphatic heterocycles. The van der Waals surface area contributed by atoms with Crippen molar-refractivity contribution in [2.45, 2.75) is 33.2 Å². The van der Waals surface area contributed by atoms with Crippen molar-refractivity contribution in [3.63, 3.8) is 0 Å². The smallest absolute Gasteiger partial charge is 0.239 e. The Bertz CT molecular complexity index is 318. The van der Waals surface area contributed by atoms with Crippen LogP contribution in [0.5, 0.6) is 0 Å². The lowest BCUT2D eigenvalue weighted by molar-refractivity contribution is -0.128. The third kappa shape index (κ3) is 8.15.